The van der Waals surface area contributed by atoms with Crippen molar-refractivity contribution in [3.63, 3.8) is 0 Å². The van der Waals surface area contributed by atoms with Crippen molar-refractivity contribution >= 4 is 28.5 Å². The van der Waals surface area contributed by atoms with E-state index in [0.717, 1.165) is 40.7 Å². The number of nitrogens with one attached hydrogen (secondary N) is 2. The normalized spacial score (nSPS) is 18.3. The smallest absolute Gasteiger partial charge is 0.338 e. The van der Waals surface area contributed by atoms with Crippen molar-refractivity contribution in [2.45, 2.75) is 51.9 Å². The number of amides is 1. The number of hydrogen-bond donors (Lipinski definition) is 2. The molecule has 8 heteroatoms. The number of benzene rings is 2. The fourth-order valence-corrected chi connectivity index (χ4v) is 4.94. The number of anilines is 1. The van der Waals surface area contributed by atoms with Gasteiger partial charge in [0.25, 0.3) is 0 Å². The van der Waals surface area contributed by atoms with Gasteiger partial charge in [0, 0.05) is 35.8 Å². The second-order valence-electron chi connectivity index (χ2n) is 9.84. The lowest BCUT2D eigenvalue weighted by Crippen LogP contribution is -2.35. The second-order valence-corrected chi connectivity index (χ2v) is 9.84. The summed E-state index contributed by atoms with van der Waals surface area (Å²) in [6.45, 7) is 6.75. The van der Waals surface area contributed by atoms with Gasteiger partial charge in [-0.3, -0.25) is 15.1 Å². The van der Waals surface area contributed by atoms with E-state index in [1.54, 1.807) is 25.4 Å². The van der Waals surface area contributed by atoms with Gasteiger partial charge in [0.05, 0.1) is 37.0 Å². The highest BCUT2D eigenvalue weighted by Gasteiger charge is 2.41. The Morgan fingerprint density at radius 3 is 2.65 bits per heavy atom. The number of rotatable bonds is 10. The minimum atomic E-state index is -0.408. The summed E-state index contributed by atoms with van der Waals surface area (Å²) in [7, 11) is 3.03. The second kappa shape index (κ2) is 11.6. The van der Waals surface area contributed by atoms with Crippen LogP contribution in [0.5, 0.6) is 5.75 Å². The lowest BCUT2D eigenvalue weighted by atomic mass is 10.0. The Hall–Kier alpha value is -3.65. The molecule has 1 aromatic heterocycles. The quantitative estimate of drug-likeness (QED) is 0.384. The van der Waals surface area contributed by atoms with Crippen LogP contribution in [0.1, 0.15) is 55.7 Å². The van der Waals surface area contributed by atoms with Crippen LogP contribution in [0.3, 0.4) is 0 Å². The molecule has 0 saturated carbocycles. The van der Waals surface area contributed by atoms with Gasteiger partial charge in [-0.25, -0.2) is 4.79 Å². The van der Waals surface area contributed by atoms with E-state index in [0.29, 0.717) is 12.1 Å². The van der Waals surface area contributed by atoms with E-state index in [1.807, 2.05) is 55.1 Å². The summed E-state index contributed by atoms with van der Waals surface area (Å²) in [5.74, 6) is 0.550. The topological polar surface area (TPSA) is 92.8 Å². The number of carbonyl (C=O) groups is 2. The van der Waals surface area contributed by atoms with Crippen molar-refractivity contribution in [2.24, 2.45) is 5.92 Å². The molecule has 2 aromatic carbocycles. The van der Waals surface area contributed by atoms with Gasteiger partial charge in [-0.2, -0.15) is 0 Å². The molecular weight excluding hydrogens is 468 g/mol. The molecule has 2 N–H and O–H groups in total. The van der Waals surface area contributed by atoms with Crippen LogP contribution < -0.4 is 15.4 Å². The predicted octanol–water partition coefficient (Wildman–Crippen LogP) is 4.77. The van der Waals surface area contributed by atoms with Crippen LogP contribution in [0, 0.1) is 5.92 Å². The Morgan fingerprint density at radius 2 is 1.92 bits per heavy atom. The molecular formula is C29H36N4O4. The third-order valence-electron chi connectivity index (χ3n) is 6.88. The van der Waals surface area contributed by atoms with E-state index < -0.39 is 5.97 Å². The first kappa shape index (κ1) is 26.4. The van der Waals surface area contributed by atoms with Crippen molar-refractivity contribution in [1.29, 1.82) is 0 Å². The third-order valence-corrected chi connectivity index (χ3v) is 6.88. The molecule has 37 heavy (non-hydrogen) atoms. The van der Waals surface area contributed by atoms with Crippen LogP contribution in [0.15, 0.2) is 54.7 Å². The summed E-state index contributed by atoms with van der Waals surface area (Å²) < 4.78 is 10.5. The minimum absolute atomic E-state index is 0.0586. The largest absolute Gasteiger partial charge is 0.497 e. The number of methoxy groups -OCH3 is 2. The van der Waals surface area contributed by atoms with Gasteiger partial charge in [-0.05, 0) is 43.9 Å². The number of ether oxygens (including phenoxy) is 2. The Kier molecular flexibility index (Phi) is 8.28. The summed E-state index contributed by atoms with van der Waals surface area (Å²) in [6.07, 6.45) is 3.03. The van der Waals surface area contributed by atoms with Crippen molar-refractivity contribution < 1.29 is 19.1 Å². The summed E-state index contributed by atoms with van der Waals surface area (Å²) in [5, 5.41) is 8.05. The zero-order chi connectivity index (χ0) is 26.5. The first-order valence-corrected chi connectivity index (χ1v) is 12.8. The molecule has 0 bridgehead atoms. The lowest BCUT2D eigenvalue weighted by Gasteiger charge is -2.26. The summed E-state index contributed by atoms with van der Waals surface area (Å²) in [6, 6.07) is 15.0. The third kappa shape index (κ3) is 5.69. The van der Waals surface area contributed by atoms with Crippen molar-refractivity contribution in [2.75, 3.05) is 26.1 Å². The van der Waals surface area contributed by atoms with E-state index in [4.69, 9.17) is 9.47 Å². The van der Waals surface area contributed by atoms with Crippen LogP contribution in [-0.2, 0) is 9.53 Å². The molecule has 4 rings (SSSR count). The van der Waals surface area contributed by atoms with E-state index in [2.05, 4.69) is 22.5 Å². The highest BCUT2D eigenvalue weighted by molar-refractivity contribution is 5.93. The average molecular weight is 505 g/mol. The molecule has 0 aliphatic carbocycles. The highest BCUT2D eigenvalue weighted by atomic mass is 16.5. The molecule has 3 atom stereocenters. The molecule has 1 saturated heterocycles. The number of esters is 1. The molecule has 0 radical (unpaired) electrons. The van der Waals surface area contributed by atoms with Gasteiger partial charge < -0.3 is 19.7 Å². The van der Waals surface area contributed by atoms with Gasteiger partial charge in [-0.1, -0.05) is 38.1 Å². The molecule has 1 aliphatic heterocycles. The molecule has 2 heterocycles. The van der Waals surface area contributed by atoms with Gasteiger partial charge in [0.1, 0.15) is 11.9 Å². The predicted molar refractivity (Wildman–Crippen MR) is 145 cm³/mol. The lowest BCUT2D eigenvalue weighted by molar-refractivity contribution is -0.130. The summed E-state index contributed by atoms with van der Waals surface area (Å²) in [5.41, 5.74) is 3.04. The zero-order valence-corrected chi connectivity index (χ0v) is 22.2. The van der Waals surface area contributed by atoms with Crippen LogP contribution in [-0.4, -0.2) is 54.6 Å². The number of aromatic nitrogens is 1. The molecule has 1 amide bonds. The maximum atomic E-state index is 13.4. The first-order chi connectivity index (χ1) is 17.8. The molecule has 196 valence electrons. The summed E-state index contributed by atoms with van der Waals surface area (Å²) >= 11 is 0. The molecule has 1 fully saturated rings. The van der Waals surface area contributed by atoms with Crippen molar-refractivity contribution in [3.05, 3.63) is 65.9 Å². The first-order valence-electron chi connectivity index (χ1n) is 12.8. The average Bonchev–Trinajstić information content (AvgIpc) is 3.24. The zero-order valence-electron chi connectivity index (χ0n) is 22.2. The van der Waals surface area contributed by atoms with Crippen LogP contribution in [0.4, 0.5) is 5.69 Å². The number of hydrogen-bond acceptors (Lipinski definition) is 7. The van der Waals surface area contributed by atoms with Crippen molar-refractivity contribution in [3.8, 4) is 5.75 Å². The Labute approximate surface area is 218 Å². The standard InChI is InChI=1S/C29H36N4O4/c1-18(2)25-28(34)33(27(32-25)22-12-6-7-13-23(22)29(35)37-5)15-9-10-19(3)31-24-17-21(36-4)16-20-11-8-14-30-26(20)24/h6-8,11-14,16-19,25,27,31-32H,9-10,15H2,1-5H3/t19?,25-,27-/m0/s1. The van der Waals surface area contributed by atoms with E-state index >= 15 is 0 Å². The van der Waals surface area contributed by atoms with E-state index in [9.17, 15) is 9.59 Å². The van der Waals surface area contributed by atoms with E-state index in [-0.39, 0.29) is 30.1 Å². The number of fused-ring (bicyclic) bond motifs is 1. The monoisotopic (exact) mass is 504 g/mol. The Bertz CT molecular complexity index is 1260. The Balaban J connectivity index is 1.48. The maximum absolute atomic E-state index is 13.4. The molecule has 0 spiro atoms. The molecule has 1 unspecified atom stereocenters. The van der Waals surface area contributed by atoms with Crippen LogP contribution in [0.2, 0.25) is 0 Å². The van der Waals surface area contributed by atoms with Gasteiger partial charge >= 0.3 is 5.97 Å². The van der Waals surface area contributed by atoms with E-state index in [1.165, 1.54) is 7.11 Å². The van der Waals surface area contributed by atoms with Crippen LogP contribution >= 0.6 is 0 Å². The van der Waals surface area contributed by atoms with Gasteiger partial charge in [-0.15, -0.1) is 0 Å². The number of pyridine rings is 1. The number of carbonyl (C=O) groups excluding carboxylic acids is 2. The minimum Gasteiger partial charge on any atom is -0.497 e. The fraction of sp³-hybridized carbons (Fsp3) is 0.414. The highest BCUT2D eigenvalue weighted by Crippen LogP contribution is 2.32. The van der Waals surface area contributed by atoms with Crippen molar-refractivity contribution in [1.82, 2.24) is 15.2 Å². The van der Waals surface area contributed by atoms with Crippen LogP contribution in [0.25, 0.3) is 10.9 Å². The van der Waals surface area contributed by atoms with Gasteiger partial charge in [0.15, 0.2) is 0 Å². The molecule has 1 aliphatic rings. The number of nitrogens with zero attached hydrogens (tertiary/aromatic N) is 2. The van der Waals surface area contributed by atoms with Gasteiger partial charge in [0.2, 0.25) is 5.91 Å². The fourth-order valence-electron chi connectivity index (χ4n) is 4.94. The SMILES string of the molecule is COC(=O)c1ccccc1[C@H]1N[C@@H](C(C)C)C(=O)N1CCCC(C)Nc1cc(OC)cc2cccnc12. The maximum Gasteiger partial charge on any atom is 0.338 e. The molecule has 8 nitrogen and oxygen atoms in total. The Morgan fingerprint density at radius 1 is 1.14 bits per heavy atom. The molecule has 3 aromatic rings. The summed E-state index contributed by atoms with van der Waals surface area (Å²) in [4.78, 5) is 32.2.